The summed E-state index contributed by atoms with van der Waals surface area (Å²) in [5.74, 6) is 6.44. The molecule has 0 aromatic carbocycles. The molecule has 0 atom stereocenters. The SMILES string of the molecule is CC.CC.CC#Cc1cnc(N)c(C)c1/C=C\C. The Hall–Kier alpha value is -1.75. The summed E-state index contributed by atoms with van der Waals surface area (Å²) in [7, 11) is 0. The molecule has 0 spiro atoms. The number of hydrogen-bond donors (Lipinski definition) is 1. The molecular weight excluding hydrogens is 220 g/mol. The van der Waals surface area contributed by atoms with Crippen LogP contribution in [0.3, 0.4) is 0 Å². The minimum absolute atomic E-state index is 0.569. The van der Waals surface area contributed by atoms with Gasteiger partial charge in [-0.25, -0.2) is 4.98 Å². The lowest BCUT2D eigenvalue weighted by Crippen LogP contribution is -1.98. The summed E-state index contributed by atoms with van der Waals surface area (Å²) in [4.78, 5) is 4.08. The maximum absolute atomic E-state index is 5.72. The fourth-order valence-corrected chi connectivity index (χ4v) is 1.26. The second-order valence-corrected chi connectivity index (χ2v) is 2.97. The summed E-state index contributed by atoms with van der Waals surface area (Å²) in [6.07, 6.45) is 5.70. The molecule has 1 aromatic rings. The van der Waals surface area contributed by atoms with E-state index in [2.05, 4.69) is 16.8 Å². The maximum atomic E-state index is 5.72. The molecule has 0 bridgehead atoms. The van der Waals surface area contributed by atoms with Crippen molar-refractivity contribution in [2.24, 2.45) is 0 Å². The summed E-state index contributed by atoms with van der Waals surface area (Å²) < 4.78 is 0. The van der Waals surface area contributed by atoms with E-state index in [0.717, 1.165) is 16.7 Å². The van der Waals surface area contributed by atoms with Gasteiger partial charge in [0.15, 0.2) is 0 Å². The average molecular weight is 246 g/mol. The molecule has 0 amide bonds. The third-order valence-corrected chi connectivity index (χ3v) is 2.00. The van der Waals surface area contributed by atoms with E-state index in [1.807, 2.05) is 60.6 Å². The minimum Gasteiger partial charge on any atom is -0.383 e. The van der Waals surface area contributed by atoms with Gasteiger partial charge in [-0.15, -0.1) is 5.92 Å². The van der Waals surface area contributed by atoms with Crippen molar-refractivity contribution in [1.29, 1.82) is 0 Å². The molecule has 1 aromatic heterocycles. The normalized spacial score (nSPS) is 8.39. The van der Waals surface area contributed by atoms with Crippen LogP contribution in [-0.2, 0) is 0 Å². The lowest BCUT2D eigenvalue weighted by Gasteiger charge is -2.05. The number of rotatable bonds is 1. The Balaban J connectivity index is 0. The molecule has 1 rings (SSSR count). The molecule has 2 N–H and O–H groups in total. The first-order valence-electron chi connectivity index (χ1n) is 6.51. The van der Waals surface area contributed by atoms with Crippen molar-refractivity contribution in [3.63, 3.8) is 0 Å². The van der Waals surface area contributed by atoms with Gasteiger partial charge in [-0.05, 0) is 31.9 Å². The largest absolute Gasteiger partial charge is 0.383 e. The highest BCUT2D eigenvalue weighted by molar-refractivity contribution is 5.66. The second kappa shape index (κ2) is 11.7. The number of hydrogen-bond acceptors (Lipinski definition) is 2. The number of pyridine rings is 1. The molecule has 18 heavy (non-hydrogen) atoms. The summed E-state index contributed by atoms with van der Waals surface area (Å²) >= 11 is 0. The zero-order valence-electron chi connectivity index (χ0n) is 12.8. The van der Waals surface area contributed by atoms with Crippen molar-refractivity contribution >= 4 is 11.9 Å². The van der Waals surface area contributed by atoms with Gasteiger partial charge in [0.2, 0.25) is 0 Å². The van der Waals surface area contributed by atoms with Crippen LogP contribution in [0, 0.1) is 18.8 Å². The Labute approximate surface area is 112 Å². The molecule has 0 aliphatic rings. The van der Waals surface area contributed by atoms with Crippen LogP contribution in [0.15, 0.2) is 12.3 Å². The second-order valence-electron chi connectivity index (χ2n) is 2.97. The van der Waals surface area contributed by atoms with Crippen LogP contribution < -0.4 is 5.73 Å². The third-order valence-electron chi connectivity index (χ3n) is 2.00. The third kappa shape index (κ3) is 5.54. The number of aromatic nitrogens is 1. The fraction of sp³-hybridized carbons (Fsp3) is 0.438. The van der Waals surface area contributed by atoms with Crippen LogP contribution in [0.5, 0.6) is 0 Å². The molecule has 0 aliphatic carbocycles. The smallest absolute Gasteiger partial charge is 0.126 e. The van der Waals surface area contributed by atoms with Crippen molar-refractivity contribution in [2.75, 3.05) is 5.73 Å². The van der Waals surface area contributed by atoms with E-state index < -0.39 is 0 Å². The highest BCUT2D eigenvalue weighted by Gasteiger charge is 2.04. The minimum atomic E-state index is 0.569. The molecule has 2 heteroatoms. The van der Waals surface area contributed by atoms with Crippen LogP contribution in [0.1, 0.15) is 58.2 Å². The van der Waals surface area contributed by atoms with E-state index in [9.17, 15) is 0 Å². The van der Waals surface area contributed by atoms with Crippen molar-refractivity contribution in [3.8, 4) is 11.8 Å². The van der Waals surface area contributed by atoms with E-state index in [1.165, 1.54) is 0 Å². The molecule has 0 radical (unpaired) electrons. The first kappa shape index (κ1) is 18.6. The highest BCUT2D eigenvalue weighted by Crippen LogP contribution is 2.18. The summed E-state index contributed by atoms with van der Waals surface area (Å²) in [6.45, 7) is 13.7. The van der Waals surface area contributed by atoms with Gasteiger partial charge in [0, 0.05) is 6.20 Å². The molecule has 0 saturated carbocycles. The van der Waals surface area contributed by atoms with E-state index >= 15 is 0 Å². The topological polar surface area (TPSA) is 38.9 Å². The predicted octanol–water partition coefficient (Wildman–Crippen LogP) is 4.43. The quantitative estimate of drug-likeness (QED) is 0.744. The van der Waals surface area contributed by atoms with Crippen molar-refractivity contribution in [3.05, 3.63) is 29.0 Å². The van der Waals surface area contributed by atoms with Crippen LogP contribution in [0.4, 0.5) is 5.82 Å². The number of anilines is 1. The average Bonchev–Trinajstić information content (AvgIpc) is 2.43. The van der Waals surface area contributed by atoms with Crippen molar-refractivity contribution < 1.29 is 0 Å². The van der Waals surface area contributed by atoms with Gasteiger partial charge in [-0.3, -0.25) is 0 Å². The Morgan fingerprint density at radius 2 is 1.78 bits per heavy atom. The monoisotopic (exact) mass is 246 g/mol. The molecular formula is C16H26N2. The van der Waals surface area contributed by atoms with Gasteiger partial charge in [0.05, 0.1) is 5.56 Å². The molecule has 0 fully saturated rings. The molecule has 0 unspecified atom stereocenters. The standard InChI is InChI=1S/C12H14N2.2C2H6/c1-4-6-10-8-14-12(13)9(3)11(10)7-5-2;2*1-2/h5,7-8H,1-3H3,(H2,13,14);2*1-2H3/b7-5-;;. The Kier molecular flexibility index (Phi) is 12.1. The maximum Gasteiger partial charge on any atom is 0.126 e. The summed E-state index contributed by atoms with van der Waals surface area (Å²) in [6, 6.07) is 0. The van der Waals surface area contributed by atoms with E-state index in [1.54, 1.807) is 6.20 Å². The Morgan fingerprint density at radius 3 is 2.22 bits per heavy atom. The molecule has 0 aliphatic heterocycles. The fourth-order valence-electron chi connectivity index (χ4n) is 1.26. The highest BCUT2D eigenvalue weighted by atomic mass is 14.8. The number of nitrogens with two attached hydrogens (primary N) is 1. The van der Waals surface area contributed by atoms with Gasteiger partial charge in [-0.1, -0.05) is 45.8 Å². The number of allylic oxidation sites excluding steroid dienone is 1. The molecule has 100 valence electrons. The predicted molar refractivity (Wildman–Crippen MR) is 83.3 cm³/mol. The van der Waals surface area contributed by atoms with Gasteiger partial charge in [-0.2, -0.15) is 0 Å². The number of nitrogens with zero attached hydrogens (tertiary/aromatic N) is 1. The van der Waals surface area contributed by atoms with E-state index in [4.69, 9.17) is 5.73 Å². The lowest BCUT2D eigenvalue weighted by molar-refractivity contribution is 1.25. The molecule has 0 saturated heterocycles. The molecule has 2 nitrogen and oxygen atoms in total. The van der Waals surface area contributed by atoms with Gasteiger partial charge < -0.3 is 5.73 Å². The number of nitrogen functional groups attached to an aromatic ring is 1. The summed E-state index contributed by atoms with van der Waals surface area (Å²) in [5.41, 5.74) is 8.70. The Bertz CT molecular complexity index is 421. The first-order chi connectivity index (χ1) is 8.70. The first-order valence-corrected chi connectivity index (χ1v) is 6.51. The van der Waals surface area contributed by atoms with E-state index in [0.29, 0.717) is 5.82 Å². The zero-order chi connectivity index (χ0) is 14.6. The molecule has 1 heterocycles. The van der Waals surface area contributed by atoms with Crippen molar-refractivity contribution in [2.45, 2.75) is 48.5 Å². The van der Waals surface area contributed by atoms with Crippen molar-refractivity contribution in [1.82, 2.24) is 4.98 Å². The van der Waals surface area contributed by atoms with E-state index in [-0.39, 0.29) is 0 Å². The van der Waals surface area contributed by atoms with Gasteiger partial charge in [0.25, 0.3) is 0 Å². The van der Waals surface area contributed by atoms with Crippen LogP contribution in [0.25, 0.3) is 6.08 Å². The van der Waals surface area contributed by atoms with Crippen LogP contribution in [-0.4, -0.2) is 4.98 Å². The van der Waals surface area contributed by atoms with Crippen LogP contribution >= 0.6 is 0 Å². The Morgan fingerprint density at radius 1 is 1.22 bits per heavy atom. The van der Waals surface area contributed by atoms with Gasteiger partial charge in [0.1, 0.15) is 5.82 Å². The van der Waals surface area contributed by atoms with Crippen LogP contribution in [0.2, 0.25) is 0 Å². The van der Waals surface area contributed by atoms with Gasteiger partial charge >= 0.3 is 0 Å². The zero-order valence-corrected chi connectivity index (χ0v) is 12.8. The summed E-state index contributed by atoms with van der Waals surface area (Å²) in [5, 5.41) is 0. The lowest BCUT2D eigenvalue weighted by atomic mass is 10.0.